The van der Waals surface area contributed by atoms with Crippen LogP contribution < -0.4 is 4.74 Å². The SMILES string of the molecule is CC(=O)CCOc1ccccc1C=O. The monoisotopic (exact) mass is 192 g/mol. The van der Waals surface area contributed by atoms with Gasteiger partial charge in [-0.15, -0.1) is 0 Å². The quantitative estimate of drug-likeness (QED) is 0.669. The Morgan fingerprint density at radius 2 is 2.14 bits per heavy atom. The van der Waals surface area contributed by atoms with E-state index < -0.39 is 0 Å². The number of Topliss-reactive ketones (excluding diaryl/α,β-unsaturated/α-hetero) is 1. The molecule has 0 aromatic heterocycles. The molecule has 0 aliphatic rings. The molecule has 0 aliphatic carbocycles. The number of ketones is 1. The number of para-hydroxylation sites is 1. The van der Waals surface area contributed by atoms with Crippen molar-refractivity contribution >= 4 is 12.1 Å². The summed E-state index contributed by atoms with van der Waals surface area (Å²) in [5, 5.41) is 0. The molecule has 0 unspecified atom stereocenters. The van der Waals surface area contributed by atoms with Crippen LogP contribution in [0.25, 0.3) is 0 Å². The number of hydrogen-bond donors (Lipinski definition) is 0. The van der Waals surface area contributed by atoms with Crippen molar-refractivity contribution < 1.29 is 14.3 Å². The van der Waals surface area contributed by atoms with Gasteiger partial charge in [-0.3, -0.25) is 9.59 Å². The van der Waals surface area contributed by atoms with Crippen LogP contribution in [0, 0.1) is 0 Å². The van der Waals surface area contributed by atoms with Crippen molar-refractivity contribution in [1.82, 2.24) is 0 Å². The van der Waals surface area contributed by atoms with Gasteiger partial charge in [0.25, 0.3) is 0 Å². The normalized spacial score (nSPS) is 9.50. The van der Waals surface area contributed by atoms with E-state index in [1.807, 2.05) is 0 Å². The molecule has 0 N–H and O–H groups in total. The highest BCUT2D eigenvalue weighted by Gasteiger charge is 2.01. The summed E-state index contributed by atoms with van der Waals surface area (Å²) in [6, 6.07) is 6.94. The van der Waals surface area contributed by atoms with Crippen molar-refractivity contribution in [3.05, 3.63) is 29.8 Å². The Labute approximate surface area is 82.7 Å². The maximum atomic E-state index is 10.6. The minimum absolute atomic E-state index is 0.0774. The van der Waals surface area contributed by atoms with Crippen LogP contribution in [0.3, 0.4) is 0 Å². The molecule has 0 heterocycles. The third kappa shape index (κ3) is 3.01. The van der Waals surface area contributed by atoms with Crippen LogP contribution in [0.2, 0.25) is 0 Å². The van der Waals surface area contributed by atoms with Gasteiger partial charge in [0, 0.05) is 6.42 Å². The van der Waals surface area contributed by atoms with Crippen LogP contribution in [-0.4, -0.2) is 18.7 Å². The molecule has 1 aromatic rings. The third-order valence-electron chi connectivity index (χ3n) is 1.76. The zero-order valence-corrected chi connectivity index (χ0v) is 8.03. The molecule has 0 bridgehead atoms. The second-order valence-corrected chi connectivity index (χ2v) is 2.96. The maximum Gasteiger partial charge on any atom is 0.153 e. The van der Waals surface area contributed by atoms with E-state index in [1.54, 1.807) is 24.3 Å². The van der Waals surface area contributed by atoms with Crippen molar-refractivity contribution in [3.63, 3.8) is 0 Å². The summed E-state index contributed by atoms with van der Waals surface area (Å²) in [7, 11) is 0. The van der Waals surface area contributed by atoms with E-state index in [2.05, 4.69) is 0 Å². The molecule has 0 aliphatic heterocycles. The van der Waals surface area contributed by atoms with E-state index in [9.17, 15) is 9.59 Å². The highest BCUT2D eigenvalue weighted by molar-refractivity contribution is 5.79. The average molecular weight is 192 g/mol. The first-order valence-electron chi connectivity index (χ1n) is 4.40. The molecule has 3 heteroatoms. The van der Waals surface area contributed by atoms with Crippen molar-refractivity contribution in [2.45, 2.75) is 13.3 Å². The molecule has 3 nitrogen and oxygen atoms in total. The first-order chi connectivity index (χ1) is 6.74. The Morgan fingerprint density at radius 1 is 1.43 bits per heavy atom. The Bertz CT molecular complexity index is 331. The predicted molar refractivity (Wildman–Crippen MR) is 52.6 cm³/mol. The molecule has 0 saturated carbocycles. The van der Waals surface area contributed by atoms with E-state index in [-0.39, 0.29) is 5.78 Å². The van der Waals surface area contributed by atoms with E-state index in [1.165, 1.54) is 6.92 Å². The molecular formula is C11H12O3. The maximum absolute atomic E-state index is 10.6. The fourth-order valence-corrected chi connectivity index (χ4v) is 1.01. The van der Waals surface area contributed by atoms with E-state index in [0.29, 0.717) is 24.3 Å². The van der Waals surface area contributed by atoms with Gasteiger partial charge >= 0.3 is 0 Å². The summed E-state index contributed by atoms with van der Waals surface area (Å²) in [6.07, 6.45) is 1.11. The lowest BCUT2D eigenvalue weighted by molar-refractivity contribution is -0.117. The molecule has 0 fully saturated rings. The van der Waals surface area contributed by atoms with Crippen LogP contribution in [0.5, 0.6) is 5.75 Å². The number of ether oxygens (including phenoxy) is 1. The lowest BCUT2D eigenvalue weighted by Gasteiger charge is -2.06. The van der Waals surface area contributed by atoms with E-state index in [4.69, 9.17) is 4.74 Å². The topological polar surface area (TPSA) is 43.4 Å². The largest absolute Gasteiger partial charge is 0.492 e. The van der Waals surface area contributed by atoms with Crippen molar-refractivity contribution in [2.75, 3.05) is 6.61 Å². The standard InChI is InChI=1S/C11H12O3/c1-9(13)6-7-14-11-5-3-2-4-10(11)8-12/h2-5,8H,6-7H2,1H3. The highest BCUT2D eigenvalue weighted by atomic mass is 16.5. The number of rotatable bonds is 5. The number of carbonyl (C=O) groups is 2. The highest BCUT2D eigenvalue weighted by Crippen LogP contribution is 2.15. The van der Waals surface area contributed by atoms with Gasteiger partial charge in [-0.2, -0.15) is 0 Å². The van der Waals surface area contributed by atoms with Crippen LogP contribution in [0.15, 0.2) is 24.3 Å². The smallest absolute Gasteiger partial charge is 0.153 e. The fourth-order valence-electron chi connectivity index (χ4n) is 1.01. The summed E-state index contributed by atoms with van der Waals surface area (Å²) in [6.45, 7) is 1.83. The van der Waals surface area contributed by atoms with E-state index in [0.717, 1.165) is 6.29 Å². The second kappa shape index (κ2) is 5.17. The number of carbonyl (C=O) groups excluding carboxylic acids is 2. The fraction of sp³-hybridized carbons (Fsp3) is 0.273. The molecular weight excluding hydrogens is 180 g/mol. The van der Waals surface area contributed by atoms with E-state index >= 15 is 0 Å². The summed E-state index contributed by atoms with van der Waals surface area (Å²) in [5.74, 6) is 0.609. The second-order valence-electron chi connectivity index (χ2n) is 2.96. The molecule has 0 atom stereocenters. The molecule has 0 amide bonds. The first kappa shape index (κ1) is 10.4. The minimum atomic E-state index is 0.0774. The van der Waals surface area contributed by atoms with Gasteiger partial charge < -0.3 is 4.74 Å². The van der Waals surface area contributed by atoms with Gasteiger partial charge in [-0.1, -0.05) is 12.1 Å². The summed E-state index contributed by atoms with van der Waals surface area (Å²) >= 11 is 0. The first-order valence-corrected chi connectivity index (χ1v) is 4.40. The lowest BCUT2D eigenvalue weighted by Crippen LogP contribution is -2.04. The van der Waals surface area contributed by atoms with Crippen LogP contribution in [0.4, 0.5) is 0 Å². The molecule has 1 rings (SSSR count). The Hall–Kier alpha value is -1.64. The number of hydrogen-bond acceptors (Lipinski definition) is 3. The third-order valence-corrected chi connectivity index (χ3v) is 1.76. The van der Waals surface area contributed by atoms with Gasteiger partial charge in [0.1, 0.15) is 11.5 Å². The Morgan fingerprint density at radius 3 is 2.79 bits per heavy atom. The summed E-state index contributed by atoms with van der Waals surface area (Å²) in [4.78, 5) is 21.2. The molecule has 0 spiro atoms. The van der Waals surface area contributed by atoms with Gasteiger partial charge in [0.15, 0.2) is 6.29 Å². The van der Waals surface area contributed by atoms with Crippen LogP contribution >= 0.6 is 0 Å². The summed E-state index contributed by atoms with van der Waals surface area (Å²) in [5.41, 5.74) is 0.510. The minimum Gasteiger partial charge on any atom is -0.492 e. The van der Waals surface area contributed by atoms with Crippen LogP contribution in [-0.2, 0) is 4.79 Å². The molecule has 1 aromatic carbocycles. The summed E-state index contributed by atoms with van der Waals surface area (Å²) < 4.78 is 5.29. The van der Waals surface area contributed by atoms with Gasteiger partial charge in [0.2, 0.25) is 0 Å². The van der Waals surface area contributed by atoms with Gasteiger partial charge in [-0.05, 0) is 19.1 Å². The molecule has 0 saturated heterocycles. The number of aldehydes is 1. The Balaban J connectivity index is 2.57. The average Bonchev–Trinajstić information content (AvgIpc) is 2.18. The molecule has 74 valence electrons. The molecule has 14 heavy (non-hydrogen) atoms. The number of benzene rings is 1. The zero-order valence-electron chi connectivity index (χ0n) is 8.03. The van der Waals surface area contributed by atoms with Crippen molar-refractivity contribution in [1.29, 1.82) is 0 Å². The van der Waals surface area contributed by atoms with Gasteiger partial charge in [-0.25, -0.2) is 0 Å². The predicted octanol–water partition coefficient (Wildman–Crippen LogP) is 1.86. The van der Waals surface area contributed by atoms with Crippen molar-refractivity contribution in [2.24, 2.45) is 0 Å². The van der Waals surface area contributed by atoms with Crippen LogP contribution in [0.1, 0.15) is 23.7 Å². The Kier molecular flexibility index (Phi) is 3.85. The zero-order chi connectivity index (χ0) is 10.4. The molecule has 0 radical (unpaired) electrons. The lowest BCUT2D eigenvalue weighted by atomic mass is 10.2. The van der Waals surface area contributed by atoms with Crippen molar-refractivity contribution in [3.8, 4) is 5.75 Å². The van der Waals surface area contributed by atoms with Gasteiger partial charge in [0.05, 0.1) is 12.2 Å².